The second kappa shape index (κ2) is 5.26. The van der Waals surface area contributed by atoms with Crippen LogP contribution in [0.4, 0.5) is 0 Å². The van der Waals surface area contributed by atoms with Gasteiger partial charge < -0.3 is 10.4 Å². The number of Topliss-reactive ketones (excluding diaryl/α,β-unsaturated/α-hetero) is 1. The topological polar surface area (TPSA) is 66.4 Å². The van der Waals surface area contributed by atoms with Crippen LogP contribution in [0.3, 0.4) is 0 Å². The number of hydrogen-bond donors (Lipinski definition) is 2. The van der Waals surface area contributed by atoms with Crippen LogP contribution in [0, 0.1) is 0 Å². The van der Waals surface area contributed by atoms with Crippen molar-refractivity contribution in [2.24, 2.45) is 0 Å². The molecule has 80 valence electrons. The molecule has 2 N–H and O–H groups in total. The number of rotatable bonds is 4. The summed E-state index contributed by atoms with van der Waals surface area (Å²) in [5.41, 5.74) is 0.417. The van der Waals surface area contributed by atoms with Crippen molar-refractivity contribution in [2.45, 2.75) is 19.6 Å². The van der Waals surface area contributed by atoms with Gasteiger partial charge in [0.15, 0.2) is 12.0 Å². The predicted octanol–water partition coefficient (Wildman–Crippen LogP) is 0.714. The van der Waals surface area contributed by atoms with Gasteiger partial charge in [-0.25, -0.2) is 0 Å². The molecule has 1 atom stereocenters. The summed E-state index contributed by atoms with van der Waals surface area (Å²) in [6.45, 7) is 1.63. The third kappa shape index (κ3) is 3.18. The number of carbonyl (C=O) groups is 2. The molecule has 1 amide bonds. The number of hydrogen-bond acceptors (Lipinski definition) is 3. The van der Waals surface area contributed by atoms with E-state index in [0.29, 0.717) is 5.56 Å². The molecule has 0 aliphatic carbocycles. The van der Waals surface area contributed by atoms with Crippen LogP contribution >= 0.6 is 0 Å². The number of amides is 1. The number of nitrogens with one attached hydrogen (secondary N) is 1. The van der Waals surface area contributed by atoms with Gasteiger partial charge in [0.05, 0.1) is 0 Å². The van der Waals surface area contributed by atoms with Gasteiger partial charge in [-0.05, 0) is 12.1 Å². The van der Waals surface area contributed by atoms with Crippen LogP contribution < -0.4 is 5.32 Å². The average molecular weight is 207 g/mol. The van der Waals surface area contributed by atoms with Crippen LogP contribution in [-0.2, 0) is 4.79 Å². The van der Waals surface area contributed by atoms with Crippen molar-refractivity contribution >= 4 is 11.7 Å². The highest BCUT2D eigenvalue weighted by Gasteiger charge is 2.15. The van der Waals surface area contributed by atoms with Gasteiger partial charge in [0.1, 0.15) is 0 Å². The first-order chi connectivity index (χ1) is 7.15. The largest absolute Gasteiger partial charge is 0.367 e. The SMILES string of the molecule is CCC(=O)C(O)NC(=O)c1ccccc1. The van der Waals surface area contributed by atoms with E-state index in [1.165, 1.54) is 0 Å². The normalized spacial score (nSPS) is 11.9. The van der Waals surface area contributed by atoms with Gasteiger partial charge in [0.2, 0.25) is 0 Å². The maximum Gasteiger partial charge on any atom is 0.253 e. The maximum absolute atomic E-state index is 11.5. The van der Waals surface area contributed by atoms with Crippen molar-refractivity contribution in [2.75, 3.05) is 0 Å². The zero-order chi connectivity index (χ0) is 11.3. The van der Waals surface area contributed by atoms with E-state index in [2.05, 4.69) is 5.32 Å². The highest BCUT2D eigenvalue weighted by Crippen LogP contribution is 1.98. The molecule has 0 spiro atoms. The van der Waals surface area contributed by atoms with Gasteiger partial charge in [-0.15, -0.1) is 0 Å². The Kier molecular flexibility index (Phi) is 4.00. The summed E-state index contributed by atoms with van der Waals surface area (Å²) < 4.78 is 0. The molecule has 0 radical (unpaired) electrons. The van der Waals surface area contributed by atoms with Crippen molar-refractivity contribution in [1.29, 1.82) is 0 Å². The molecule has 0 fully saturated rings. The molecule has 0 heterocycles. The van der Waals surface area contributed by atoms with Crippen molar-refractivity contribution in [3.8, 4) is 0 Å². The van der Waals surface area contributed by atoms with E-state index in [9.17, 15) is 14.7 Å². The highest BCUT2D eigenvalue weighted by atomic mass is 16.3. The van der Waals surface area contributed by atoms with Crippen LogP contribution in [-0.4, -0.2) is 23.0 Å². The quantitative estimate of drug-likeness (QED) is 0.715. The minimum absolute atomic E-state index is 0.191. The molecular formula is C11H13NO3. The lowest BCUT2D eigenvalue weighted by atomic mass is 10.2. The van der Waals surface area contributed by atoms with E-state index in [0.717, 1.165) is 0 Å². The highest BCUT2D eigenvalue weighted by molar-refractivity contribution is 5.97. The Morgan fingerprint density at radius 1 is 1.33 bits per heavy atom. The molecule has 1 unspecified atom stereocenters. The molecule has 4 nitrogen and oxygen atoms in total. The van der Waals surface area contributed by atoms with Crippen LogP contribution in [0.5, 0.6) is 0 Å². The molecular weight excluding hydrogens is 194 g/mol. The van der Waals surface area contributed by atoms with Crippen molar-refractivity contribution in [3.63, 3.8) is 0 Å². The third-order valence-corrected chi connectivity index (χ3v) is 1.96. The van der Waals surface area contributed by atoms with Crippen LogP contribution in [0.15, 0.2) is 30.3 Å². The smallest absolute Gasteiger partial charge is 0.253 e. The van der Waals surface area contributed by atoms with Gasteiger partial charge in [-0.2, -0.15) is 0 Å². The average Bonchev–Trinajstić information content (AvgIpc) is 2.29. The molecule has 15 heavy (non-hydrogen) atoms. The number of ketones is 1. The molecule has 0 aromatic heterocycles. The summed E-state index contributed by atoms with van der Waals surface area (Å²) in [6.07, 6.45) is -1.22. The van der Waals surface area contributed by atoms with E-state index in [-0.39, 0.29) is 6.42 Å². The Morgan fingerprint density at radius 3 is 2.47 bits per heavy atom. The van der Waals surface area contributed by atoms with Gasteiger partial charge in [-0.1, -0.05) is 25.1 Å². The monoisotopic (exact) mass is 207 g/mol. The lowest BCUT2D eigenvalue weighted by Crippen LogP contribution is -2.40. The van der Waals surface area contributed by atoms with E-state index in [1.54, 1.807) is 37.3 Å². The van der Waals surface area contributed by atoms with Crippen LogP contribution in [0.1, 0.15) is 23.7 Å². The number of aliphatic hydroxyl groups excluding tert-OH is 1. The third-order valence-electron chi connectivity index (χ3n) is 1.96. The standard InChI is InChI=1S/C11H13NO3/c1-2-9(13)11(15)12-10(14)8-6-4-3-5-7-8/h3-7,11,15H,2H2,1H3,(H,12,14). The minimum atomic E-state index is -1.41. The van der Waals surface area contributed by atoms with Gasteiger partial charge in [0.25, 0.3) is 5.91 Å². The summed E-state index contributed by atoms with van der Waals surface area (Å²) in [7, 11) is 0. The molecule has 0 aliphatic heterocycles. The lowest BCUT2D eigenvalue weighted by molar-refractivity contribution is -0.127. The van der Waals surface area contributed by atoms with Crippen molar-refractivity contribution in [1.82, 2.24) is 5.32 Å². The molecule has 4 heteroatoms. The fraction of sp³-hybridized carbons (Fsp3) is 0.273. The molecule has 1 aromatic rings. The second-order valence-electron chi connectivity index (χ2n) is 3.06. The first kappa shape index (κ1) is 11.4. The zero-order valence-corrected chi connectivity index (χ0v) is 8.43. The number of benzene rings is 1. The molecule has 0 saturated heterocycles. The number of carbonyl (C=O) groups excluding carboxylic acids is 2. The van der Waals surface area contributed by atoms with E-state index >= 15 is 0 Å². The van der Waals surface area contributed by atoms with Crippen molar-refractivity contribution < 1.29 is 14.7 Å². The predicted molar refractivity (Wildman–Crippen MR) is 55.2 cm³/mol. The summed E-state index contributed by atoms with van der Waals surface area (Å²) >= 11 is 0. The zero-order valence-electron chi connectivity index (χ0n) is 8.43. The van der Waals surface area contributed by atoms with E-state index in [4.69, 9.17) is 0 Å². The minimum Gasteiger partial charge on any atom is -0.367 e. The Morgan fingerprint density at radius 2 is 1.93 bits per heavy atom. The van der Waals surface area contributed by atoms with E-state index < -0.39 is 17.9 Å². The second-order valence-corrected chi connectivity index (χ2v) is 3.06. The first-order valence-electron chi connectivity index (χ1n) is 4.72. The Bertz CT molecular complexity index is 348. The molecule has 1 aromatic carbocycles. The molecule has 0 aliphatic rings. The lowest BCUT2D eigenvalue weighted by Gasteiger charge is -2.10. The Balaban J connectivity index is 2.61. The summed E-state index contributed by atoms with van der Waals surface area (Å²) in [5.74, 6) is -0.857. The van der Waals surface area contributed by atoms with Crippen LogP contribution in [0.2, 0.25) is 0 Å². The Hall–Kier alpha value is -1.68. The van der Waals surface area contributed by atoms with Crippen molar-refractivity contribution in [3.05, 3.63) is 35.9 Å². The van der Waals surface area contributed by atoms with E-state index in [1.807, 2.05) is 0 Å². The summed E-state index contributed by atoms with van der Waals surface area (Å²) in [4.78, 5) is 22.5. The molecule has 0 bridgehead atoms. The maximum atomic E-state index is 11.5. The first-order valence-corrected chi connectivity index (χ1v) is 4.72. The fourth-order valence-corrected chi connectivity index (χ4v) is 1.07. The number of aliphatic hydroxyl groups is 1. The summed E-state index contributed by atoms with van der Waals surface area (Å²) in [5, 5.41) is 11.5. The fourth-order valence-electron chi connectivity index (χ4n) is 1.07. The van der Waals surface area contributed by atoms with Gasteiger partial charge >= 0.3 is 0 Å². The summed E-state index contributed by atoms with van der Waals surface area (Å²) in [6, 6.07) is 8.42. The molecule has 1 rings (SSSR count). The van der Waals surface area contributed by atoms with Crippen LogP contribution in [0.25, 0.3) is 0 Å². The van der Waals surface area contributed by atoms with Gasteiger partial charge in [-0.3, -0.25) is 9.59 Å². The molecule has 0 saturated carbocycles. The Labute approximate surface area is 87.9 Å². The van der Waals surface area contributed by atoms with Gasteiger partial charge in [0, 0.05) is 12.0 Å².